The molecule has 0 aliphatic carbocycles. The molecular weight excluding hydrogens is 328 g/mol. The van der Waals surface area contributed by atoms with E-state index >= 15 is 0 Å². The third-order valence-corrected chi connectivity index (χ3v) is 4.43. The average molecular weight is 363 g/mol. The lowest BCUT2D eigenvalue weighted by Gasteiger charge is -2.16. The molecule has 0 radical (unpaired) electrons. The van der Waals surface area contributed by atoms with Crippen LogP contribution < -0.4 is 0 Å². The van der Waals surface area contributed by atoms with Gasteiger partial charge in [0.1, 0.15) is 0 Å². The molecule has 0 bridgehead atoms. The van der Waals surface area contributed by atoms with E-state index in [1.165, 1.54) is 19.3 Å². The summed E-state index contributed by atoms with van der Waals surface area (Å²) in [5.74, 6) is -0.348. The lowest BCUT2D eigenvalue weighted by molar-refractivity contribution is 0.0423. The van der Waals surface area contributed by atoms with Gasteiger partial charge in [0.05, 0.1) is 24.3 Å². The van der Waals surface area contributed by atoms with Crippen LogP contribution in [0.25, 0.3) is 0 Å². The Morgan fingerprint density at radius 3 is 2.12 bits per heavy atom. The predicted molar refractivity (Wildman–Crippen MR) is 104 cm³/mol. The van der Waals surface area contributed by atoms with E-state index in [0.29, 0.717) is 30.3 Å². The van der Waals surface area contributed by atoms with Gasteiger partial charge < -0.3 is 9.47 Å². The molecule has 146 valence electrons. The van der Waals surface area contributed by atoms with Crippen molar-refractivity contribution in [1.82, 2.24) is 0 Å². The Morgan fingerprint density at radius 1 is 0.846 bits per heavy atom. The van der Waals surface area contributed by atoms with Gasteiger partial charge in [-0.25, -0.2) is 9.59 Å². The summed E-state index contributed by atoms with van der Waals surface area (Å²) in [4.78, 5) is 24.4. The largest absolute Gasteiger partial charge is 0.462 e. The standard InChI is InChI=1S/C22H34O4/c1-4-7-9-12-18(11-6-3)17-26-22(24)20-14-10-13-19(16-20)21(23)25-15-8-5-2/h10,13-14,16,18H,4-9,11-12,15,17H2,1-3H3. The molecule has 26 heavy (non-hydrogen) atoms. The van der Waals surface area contributed by atoms with E-state index < -0.39 is 5.97 Å². The van der Waals surface area contributed by atoms with Gasteiger partial charge in [-0.15, -0.1) is 0 Å². The highest BCUT2D eigenvalue weighted by Crippen LogP contribution is 2.17. The number of hydrogen-bond donors (Lipinski definition) is 0. The van der Waals surface area contributed by atoms with Gasteiger partial charge in [0.2, 0.25) is 0 Å². The molecule has 1 aromatic rings. The Hall–Kier alpha value is -1.84. The van der Waals surface area contributed by atoms with Crippen molar-refractivity contribution in [3.05, 3.63) is 35.4 Å². The third-order valence-electron chi connectivity index (χ3n) is 4.43. The summed E-state index contributed by atoms with van der Waals surface area (Å²) < 4.78 is 10.7. The monoisotopic (exact) mass is 362 g/mol. The zero-order chi connectivity index (χ0) is 19.2. The molecule has 0 N–H and O–H groups in total. The smallest absolute Gasteiger partial charge is 0.338 e. The molecule has 0 fully saturated rings. The molecule has 0 saturated heterocycles. The number of ether oxygens (including phenoxy) is 2. The summed E-state index contributed by atoms with van der Waals surface area (Å²) in [6.45, 7) is 7.23. The SMILES string of the molecule is CCCCCC(CCC)COC(=O)c1cccc(C(=O)OCCCC)c1. The average Bonchev–Trinajstić information content (AvgIpc) is 2.66. The molecule has 1 atom stereocenters. The Labute approximate surface area is 158 Å². The van der Waals surface area contributed by atoms with Gasteiger partial charge in [-0.05, 0) is 43.4 Å². The first kappa shape index (κ1) is 22.2. The Balaban J connectivity index is 2.57. The van der Waals surface area contributed by atoms with Crippen molar-refractivity contribution in [1.29, 1.82) is 0 Å². The molecule has 1 rings (SSSR count). The third kappa shape index (κ3) is 8.50. The normalized spacial score (nSPS) is 11.8. The van der Waals surface area contributed by atoms with Crippen molar-refractivity contribution in [3.8, 4) is 0 Å². The summed E-state index contributed by atoms with van der Waals surface area (Å²) in [7, 11) is 0. The van der Waals surface area contributed by atoms with E-state index in [9.17, 15) is 9.59 Å². The van der Waals surface area contributed by atoms with Crippen LogP contribution >= 0.6 is 0 Å². The first-order valence-electron chi connectivity index (χ1n) is 10.1. The second-order valence-electron chi connectivity index (χ2n) is 6.82. The number of hydrogen-bond acceptors (Lipinski definition) is 4. The topological polar surface area (TPSA) is 52.6 Å². The van der Waals surface area contributed by atoms with Crippen molar-refractivity contribution in [3.63, 3.8) is 0 Å². The molecule has 0 heterocycles. The highest BCUT2D eigenvalue weighted by atomic mass is 16.5. The van der Waals surface area contributed by atoms with Gasteiger partial charge in [0, 0.05) is 0 Å². The molecule has 0 aliphatic heterocycles. The summed E-state index contributed by atoms with van der Waals surface area (Å²) in [6.07, 6.45) is 8.65. The van der Waals surface area contributed by atoms with E-state index in [4.69, 9.17) is 9.47 Å². The quantitative estimate of drug-likeness (QED) is 0.329. The van der Waals surface area contributed by atoms with Crippen LogP contribution in [0.2, 0.25) is 0 Å². The van der Waals surface area contributed by atoms with Crippen LogP contribution in [0.15, 0.2) is 24.3 Å². The minimum Gasteiger partial charge on any atom is -0.462 e. The van der Waals surface area contributed by atoms with Crippen molar-refractivity contribution in [2.45, 2.75) is 72.1 Å². The molecule has 0 amide bonds. The second-order valence-corrected chi connectivity index (χ2v) is 6.82. The first-order chi connectivity index (χ1) is 12.6. The van der Waals surface area contributed by atoms with Crippen molar-refractivity contribution in [2.24, 2.45) is 5.92 Å². The van der Waals surface area contributed by atoms with Crippen molar-refractivity contribution < 1.29 is 19.1 Å². The number of esters is 2. The molecule has 0 spiro atoms. The van der Waals surface area contributed by atoms with Gasteiger partial charge in [-0.2, -0.15) is 0 Å². The van der Waals surface area contributed by atoms with Gasteiger partial charge in [-0.3, -0.25) is 0 Å². The molecule has 4 nitrogen and oxygen atoms in total. The van der Waals surface area contributed by atoms with Crippen LogP contribution in [0.4, 0.5) is 0 Å². The highest BCUT2D eigenvalue weighted by molar-refractivity contribution is 5.95. The van der Waals surface area contributed by atoms with E-state index in [1.807, 2.05) is 6.92 Å². The van der Waals surface area contributed by atoms with Crippen molar-refractivity contribution in [2.75, 3.05) is 13.2 Å². The van der Waals surface area contributed by atoms with Crippen LogP contribution in [0.5, 0.6) is 0 Å². The van der Waals surface area contributed by atoms with Crippen LogP contribution in [0, 0.1) is 5.92 Å². The van der Waals surface area contributed by atoms with Crippen LogP contribution in [-0.2, 0) is 9.47 Å². The van der Waals surface area contributed by atoms with E-state index in [0.717, 1.165) is 32.1 Å². The summed E-state index contributed by atoms with van der Waals surface area (Å²) >= 11 is 0. The zero-order valence-electron chi connectivity index (χ0n) is 16.6. The maximum Gasteiger partial charge on any atom is 0.338 e. The zero-order valence-corrected chi connectivity index (χ0v) is 16.6. The number of carbonyl (C=O) groups is 2. The van der Waals surface area contributed by atoms with E-state index in [-0.39, 0.29) is 5.97 Å². The van der Waals surface area contributed by atoms with Crippen LogP contribution in [0.1, 0.15) is 92.9 Å². The fraction of sp³-hybridized carbons (Fsp3) is 0.636. The Bertz CT molecular complexity index is 539. The fourth-order valence-corrected chi connectivity index (χ4v) is 2.84. The Morgan fingerprint density at radius 2 is 1.50 bits per heavy atom. The lowest BCUT2D eigenvalue weighted by atomic mass is 9.97. The van der Waals surface area contributed by atoms with Gasteiger partial charge >= 0.3 is 11.9 Å². The minimum atomic E-state index is -0.392. The molecule has 0 aromatic heterocycles. The van der Waals surface area contributed by atoms with E-state index in [2.05, 4.69) is 13.8 Å². The molecule has 4 heteroatoms. The summed E-state index contributed by atoms with van der Waals surface area (Å²) in [6, 6.07) is 6.59. The van der Waals surface area contributed by atoms with Crippen LogP contribution in [-0.4, -0.2) is 25.2 Å². The molecular formula is C22H34O4. The Kier molecular flexibility index (Phi) is 11.4. The lowest BCUT2D eigenvalue weighted by Crippen LogP contribution is -2.15. The number of rotatable bonds is 13. The molecule has 0 aliphatic rings. The van der Waals surface area contributed by atoms with Gasteiger partial charge in [0.15, 0.2) is 0 Å². The van der Waals surface area contributed by atoms with E-state index in [1.54, 1.807) is 24.3 Å². The molecule has 1 aromatic carbocycles. The number of benzene rings is 1. The maximum absolute atomic E-state index is 12.3. The molecule has 0 saturated carbocycles. The minimum absolute atomic E-state index is 0.371. The van der Waals surface area contributed by atoms with Crippen molar-refractivity contribution >= 4 is 11.9 Å². The summed E-state index contributed by atoms with van der Waals surface area (Å²) in [5, 5.41) is 0. The molecule has 1 unspecified atom stereocenters. The first-order valence-corrected chi connectivity index (χ1v) is 10.1. The van der Waals surface area contributed by atoms with Gasteiger partial charge in [0.25, 0.3) is 0 Å². The maximum atomic E-state index is 12.3. The second kappa shape index (κ2) is 13.4. The number of unbranched alkanes of at least 4 members (excludes halogenated alkanes) is 3. The predicted octanol–water partition coefficient (Wildman–Crippen LogP) is 5.80. The fourth-order valence-electron chi connectivity index (χ4n) is 2.84. The number of carbonyl (C=O) groups excluding carboxylic acids is 2. The van der Waals surface area contributed by atoms with Crippen LogP contribution in [0.3, 0.4) is 0 Å². The highest BCUT2D eigenvalue weighted by Gasteiger charge is 2.15. The van der Waals surface area contributed by atoms with Gasteiger partial charge in [-0.1, -0.05) is 58.9 Å². The summed E-state index contributed by atoms with van der Waals surface area (Å²) in [5.41, 5.74) is 0.794.